The van der Waals surface area contributed by atoms with Gasteiger partial charge >= 0.3 is 5.97 Å². The number of carbonyl (C=O) groups excluding carboxylic acids is 2. The lowest BCUT2D eigenvalue weighted by atomic mass is 10.1. The molecule has 0 saturated carbocycles. The van der Waals surface area contributed by atoms with E-state index in [0.717, 1.165) is 15.7 Å². The molecule has 3 aromatic rings. The molecule has 1 amide bonds. The number of carbonyl (C=O) groups is 2. The molecule has 27 heavy (non-hydrogen) atoms. The fourth-order valence-corrected chi connectivity index (χ4v) is 3.66. The van der Waals surface area contributed by atoms with Crippen LogP contribution in [0.1, 0.15) is 6.42 Å². The second-order valence-corrected chi connectivity index (χ2v) is 7.34. The smallest absolute Gasteiger partial charge is 0.307 e. The molecule has 4 nitrogen and oxygen atoms in total. The molecule has 0 unspecified atom stereocenters. The quantitative estimate of drug-likeness (QED) is 0.440. The number of anilines is 1. The second kappa shape index (κ2) is 9.44. The summed E-state index contributed by atoms with van der Waals surface area (Å²) in [5, 5.41) is 5.52. The van der Waals surface area contributed by atoms with E-state index >= 15 is 0 Å². The Hall–Kier alpha value is -2.50. The standard InChI is InChI=1S/C21H18ClNO3S/c22-18-7-3-4-8-19(18)27-12-11-21(25)26-14-20(24)23-17-10-9-15-5-1-2-6-16(15)13-17/h1-10,13H,11-12,14H2,(H,23,24). The maximum Gasteiger partial charge on any atom is 0.307 e. The molecular formula is C21H18ClNO3S. The van der Waals surface area contributed by atoms with Crippen LogP contribution in [0.5, 0.6) is 0 Å². The van der Waals surface area contributed by atoms with Crippen molar-refractivity contribution in [3.05, 3.63) is 71.8 Å². The molecular weight excluding hydrogens is 382 g/mol. The van der Waals surface area contributed by atoms with E-state index in [9.17, 15) is 9.59 Å². The average Bonchev–Trinajstić information content (AvgIpc) is 2.68. The highest BCUT2D eigenvalue weighted by atomic mass is 35.5. The molecule has 3 rings (SSSR count). The number of benzene rings is 3. The van der Waals surface area contributed by atoms with Crippen molar-refractivity contribution in [1.82, 2.24) is 0 Å². The Morgan fingerprint density at radius 1 is 0.963 bits per heavy atom. The summed E-state index contributed by atoms with van der Waals surface area (Å²) in [7, 11) is 0. The number of amides is 1. The normalized spacial score (nSPS) is 10.6. The molecule has 0 radical (unpaired) electrons. The highest BCUT2D eigenvalue weighted by Gasteiger charge is 2.09. The molecule has 0 bridgehead atoms. The molecule has 0 aromatic heterocycles. The van der Waals surface area contributed by atoms with Crippen molar-refractivity contribution in [3.8, 4) is 0 Å². The van der Waals surface area contributed by atoms with Gasteiger partial charge < -0.3 is 10.1 Å². The Bertz CT molecular complexity index is 961. The summed E-state index contributed by atoms with van der Waals surface area (Å²) in [6, 6.07) is 21.0. The second-order valence-electron chi connectivity index (χ2n) is 5.80. The van der Waals surface area contributed by atoms with Crippen LogP contribution in [0.2, 0.25) is 5.02 Å². The van der Waals surface area contributed by atoms with Crippen LogP contribution in [-0.2, 0) is 14.3 Å². The highest BCUT2D eigenvalue weighted by Crippen LogP contribution is 2.27. The number of rotatable bonds is 7. The molecule has 0 aliphatic heterocycles. The summed E-state index contributed by atoms with van der Waals surface area (Å²) < 4.78 is 5.03. The lowest BCUT2D eigenvalue weighted by molar-refractivity contribution is -0.146. The van der Waals surface area contributed by atoms with Crippen LogP contribution in [-0.4, -0.2) is 24.2 Å². The molecule has 3 aromatic carbocycles. The van der Waals surface area contributed by atoms with Gasteiger partial charge in [0, 0.05) is 16.3 Å². The molecule has 1 N–H and O–H groups in total. The van der Waals surface area contributed by atoms with Gasteiger partial charge in [-0.05, 0) is 35.0 Å². The summed E-state index contributed by atoms with van der Waals surface area (Å²) in [5.41, 5.74) is 0.670. The molecule has 0 atom stereocenters. The highest BCUT2D eigenvalue weighted by molar-refractivity contribution is 7.99. The predicted octanol–water partition coefficient (Wildman–Crippen LogP) is 5.16. The molecule has 0 saturated heterocycles. The Morgan fingerprint density at radius 2 is 1.70 bits per heavy atom. The van der Waals surface area contributed by atoms with E-state index < -0.39 is 5.97 Å². The molecule has 0 spiro atoms. The Morgan fingerprint density at radius 3 is 2.52 bits per heavy atom. The largest absolute Gasteiger partial charge is 0.456 e. The lowest BCUT2D eigenvalue weighted by Crippen LogP contribution is -2.21. The van der Waals surface area contributed by atoms with E-state index in [0.29, 0.717) is 16.5 Å². The van der Waals surface area contributed by atoms with Gasteiger partial charge in [0.1, 0.15) is 0 Å². The van der Waals surface area contributed by atoms with Crippen LogP contribution < -0.4 is 5.32 Å². The summed E-state index contributed by atoms with van der Waals surface area (Å²) in [4.78, 5) is 24.7. The Kier molecular flexibility index (Phi) is 6.74. The zero-order valence-electron chi connectivity index (χ0n) is 14.5. The average molecular weight is 400 g/mol. The molecule has 0 heterocycles. The molecule has 0 aliphatic rings. The first-order valence-corrected chi connectivity index (χ1v) is 9.80. The van der Waals surface area contributed by atoms with Crippen molar-refractivity contribution in [3.63, 3.8) is 0 Å². The molecule has 0 aliphatic carbocycles. The van der Waals surface area contributed by atoms with Gasteiger partial charge in [0.15, 0.2) is 6.61 Å². The van der Waals surface area contributed by atoms with Gasteiger partial charge in [-0.1, -0.05) is 54.1 Å². The van der Waals surface area contributed by atoms with E-state index in [-0.39, 0.29) is 18.9 Å². The fourth-order valence-electron chi connectivity index (χ4n) is 2.49. The van der Waals surface area contributed by atoms with Crippen molar-refractivity contribution in [2.24, 2.45) is 0 Å². The van der Waals surface area contributed by atoms with Crippen molar-refractivity contribution in [1.29, 1.82) is 0 Å². The van der Waals surface area contributed by atoms with Crippen LogP contribution in [0, 0.1) is 0 Å². The van der Waals surface area contributed by atoms with Crippen LogP contribution in [0.3, 0.4) is 0 Å². The third-order valence-electron chi connectivity index (χ3n) is 3.80. The number of esters is 1. The zero-order chi connectivity index (χ0) is 19.1. The Labute approximate surface area is 166 Å². The van der Waals surface area contributed by atoms with E-state index in [4.69, 9.17) is 16.3 Å². The minimum atomic E-state index is -0.414. The van der Waals surface area contributed by atoms with E-state index in [1.54, 1.807) is 6.07 Å². The number of halogens is 1. The number of hydrogen-bond donors (Lipinski definition) is 1. The van der Waals surface area contributed by atoms with Crippen molar-refractivity contribution >= 4 is 51.7 Å². The third-order valence-corrected chi connectivity index (χ3v) is 5.31. The van der Waals surface area contributed by atoms with Crippen LogP contribution in [0.4, 0.5) is 5.69 Å². The fraction of sp³-hybridized carbons (Fsp3) is 0.143. The minimum absolute atomic E-state index is 0.207. The summed E-state index contributed by atoms with van der Waals surface area (Å²) in [6.45, 7) is -0.303. The van der Waals surface area contributed by atoms with Gasteiger partial charge in [0.2, 0.25) is 0 Å². The van der Waals surface area contributed by atoms with Crippen molar-refractivity contribution in [2.75, 3.05) is 17.7 Å². The summed E-state index contributed by atoms with van der Waals surface area (Å²) in [5.74, 6) is -0.241. The van der Waals surface area contributed by atoms with Crippen molar-refractivity contribution < 1.29 is 14.3 Å². The van der Waals surface area contributed by atoms with Gasteiger partial charge in [-0.2, -0.15) is 0 Å². The minimum Gasteiger partial charge on any atom is -0.456 e. The molecule has 138 valence electrons. The monoisotopic (exact) mass is 399 g/mol. The number of ether oxygens (including phenoxy) is 1. The maximum atomic E-state index is 12.0. The van der Waals surface area contributed by atoms with Gasteiger partial charge in [-0.15, -0.1) is 11.8 Å². The summed E-state index contributed by atoms with van der Waals surface area (Å²) >= 11 is 7.55. The van der Waals surface area contributed by atoms with Gasteiger partial charge in [0.25, 0.3) is 5.91 Å². The third kappa shape index (κ3) is 5.74. The predicted molar refractivity (Wildman–Crippen MR) is 110 cm³/mol. The number of fused-ring (bicyclic) bond motifs is 1. The van der Waals surface area contributed by atoms with Crippen LogP contribution >= 0.6 is 23.4 Å². The topological polar surface area (TPSA) is 55.4 Å². The first kappa shape index (κ1) is 19.3. The number of thioether (sulfide) groups is 1. The van der Waals surface area contributed by atoms with Crippen LogP contribution in [0.15, 0.2) is 71.6 Å². The van der Waals surface area contributed by atoms with E-state index in [2.05, 4.69) is 5.32 Å². The summed E-state index contributed by atoms with van der Waals surface area (Å²) in [6.07, 6.45) is 0.207. The number of nitrogens with one attached hydrogen (secondary N) is 1. The SMILES string of the molecule is O=C(COC(=O)CCSc1ccccc1Cl)Nc1ccc2ccccc2c1. The Balaban J connectivity index is 1.41. The first-order valence-electron chi connectivity index (χ1n) is 8.43. The maximum absolute atomic E-state index is 12.0. The lowest BCUT2D eigenvalue weighted by Gasteiger charge is -2.08. The van der Waals surface area contributed by atoms with E-state index in [1.807, 2.05) is 60.7 Å². The van der Waals surface area contributed by atoms with E-state index in [1.165, 1.54) is 11.8 Å². The first-order chi connectivity index (χ1) is 13.1. The molecule has 6 heteroatoms. The van der Waals surface area contributed by atoms with Gasteiger partial charge in [-0.3, -0.25) is 9.59 Å². The molecule has 0 fully saturated rings. The van der Waals surface area contributed by atoms with Crippen LogP contribution in [0.25, 0.3) is 10.8 Å². The zero-order valence-corrected chi connectivity index (χ0v) is 16.1. The van der Waals surface area contributed by atoms with Gasteiger partial charge in [-0.25, -0.2) is 0 Å². The van der Waals surface area contributed by atoms with Gasteiger partial charge in [0.05, 0.1) is 11.4 Å². The van der Waals surface area contributed by atoms with Crippen molar-refractivity contribution in [2.45, 2.75) is 11.3 Å². The number of hydrogen-bond acceptors (Lipinski definition) is 4.